The van der Waals surface area contributed by atoms with Gasteiger partial charge in [-0.1, -0.05) is 0 Å². The van der Waals surface area contributed by atoms with Crippen LogP contribution in [0.1, 0.15) is 10.4 Å². The molecule has 0 aromatic heterocycles. The van der Waals surface area contributed by atoms with Crippen molar-refractivity contribution in [1.29, 1.82) is 0 Å². The second-order valence-corrected chi connectivity index (χ2v) is 5.97. The molecule has 1 aromatic rings. The van der Waals surface area contributed by atoms with Crippen LogP contribution in [-0.4, -0.2) is 27.8 Å². The SMILES string of the molecule is COC(=O)c1cc(S(C)(=O)=O)c(Br)cc1N. The van der Waals surface area contributed by atoms with Crippen LogP contribution < -0.4 is 5.73 Å². The van der Waals surface area contributed by atoms with E-state index in [1.54, 1.807) is 0 Å². The van der Waals surface area contributed by atoms with E-state index in [9.17, 15) is 13.2 Å². The van der Waals surface area contributed by atoms with Crippen LogP contribution in [0.5, 0.6) is 0 Å². The van der Waals surface area contributed by atoms with Gasteiger partial charge in [0.1, 0.15) is 0 Å². The minimum atomic E-state index is -3.42. The number of anilines is 1. The Kier molecular flexibility index (Phi) is 3.59. The molecule has 1 aromatic carbocycles. The first-order valence-electron chi connectivity index (χ1n) is 4.14. The van der Waals surface area contributed by atoms with Crippen LogP contribution in [0.15, 0.2) is 21.5 Å². The molecule has 0 aliphatic carbocycles. The number of nitrogen functional groups attached to an aromatic ring is 1. The number of hydrogen-bond acceptors (Lipinski definition) is 5. The van der Waals surface area contributed by atoms with Crippen LogP contribution in [0.2, 0.25) is 0 Å². The Labute approximate surface area is 102 Å². The molecule has 16 heavy (non-hydrogen) atoms. The zero-order chi connectivity index (χ0) is 12.5. The highest BCUT2D eigenvalue weighted by molar-refractivity contribution is 9.10. The van der Waals surface area contributed by atoms with E-state index in [0.29, 0.717) is 4.47 Å². The van der Waals surface area contributed by atoms with Gasteiger partial charge in [-0.15, -0.1) is 0 Å². The maximum atomic E-state index is 11.4. The predicted molar refractivity (Wildman–Crippen MR) is 63.0 cm³/mol. The number of carbonyl (C=O) groups excluding carboxylic acids is 1. The Morgan fingerprint density at radius 1 is 1.44 bits per heavy atom. The third kappa shape index (κ3) is 2.53. The molecule has 0 unspecified atom stereocenters. The lowest BCUT2D eigenvalue weighted by Gasteiger charge is -2.08. The molecule has 0 spiro atoms. The zero-order valence-corrected chi connectivity index (χ0v) is 11.1. The minimum absolute atomic E-state index is 0.00194. The Hall–Kier alpha value is -1.08. The summed E-state index contributed by atoms with van der Waals surface area (Å²) in [4.78, 5) is 11.3. The van der Waals surface area contributed by atoms with E-state index in [-0.39, 0.29) is 16.1 Å². The van der Waals surface area contributed by atoms with Crippen LogP contribution in [-0.2, 0) is 14.6 Å². The summed E-state index contributed by atoms with van der Waals surface area (Å²) in [5.41, 5.74) is 5.78. The van der Waals surface area contributed by atoms with E-state index in [2.05, 4.69) is 20.7 Å². The molecule has 0 aliphatic rings. The van der Waals surface area contributed by atoms with Crippen LogP contribution in [0.3, 0.4) is 0 Å². The first-order chi connectivity index (χ1) is 7.27. The number of carbonyl (C=O) groups is 1. The third-order valence-corrected chi connectivity index (χ3v) is 3.96. The first kappa shape index (κ1) is 13.0. The van der Waals surface area contributed by atoms with Gasteiger partial charge < -0.3 is 10.5 Å². The van der Waals surface area contributed by atoms with E-state index in [0.717, 1.165) is 6.26 Å². The fourth-order valence-electron chi connectivity index (χ4n) is 1.14. The van der Waals surface area contributed by atoms with E-state index in [4.69, 9.17) is 5.73 Å². The van der Waals surface area contributed by atoms with Crippen molar-refractivity contribution < 1.29 is 17.9 Å². The quantitative estimate of drug-likeness (QED) is 0.656. The summed E-state index contributed by atoms with van der Waals surface area (Å²) in [6, 6.07) is 2.56. The zero-order valence-electron chi connectivity index (χ0n) is 8.65. The number of ether oxygens (including phenoxy) is 1. The Bertz CT molecular complexity index is 539. The number of sulfone groups is 1. The molecule has 5 nitrogen and oxygen atoms in total. The lowest BCUT2D eigenvalue weighted by atomic mass is 10.2. The van der Waals surface area contributed by atoms with Crippen molar-refractivity contribution in [2.45, 2.75) is 4.90 Å². The summed E-state index contributed by atoms with van der Waals surface area (Å²) in [6.45, 7) is 0. The summed E-state index contributed by atoms with van der Waals surface area (Å²) in [6.07, 6.45) is 1.05. The number of benzene rings is 1. The van der Waals surface area contributed by atoms with Gasteiger partial charge in [-0.3, -0.25) is 0 Å². The van der Waals surface area contributed by atoms with Crippen molar-refractivity contribution >= 4 is 37.4 Å². The number of rotatable bonds is 2. The van der Waals surface area contributed by atoms with Crippen LogP contribution in [0.25, 0.3) is 0 Å². The molecule has 0 saturated heterocycles. The lowest BCUT2D eigenvalue weighted by molar-refractivity contribution is 0.0601. The second-order valence-electron chi connectivity index (χ2n) is 3.13. The molecule has 7 heteroatoms. The molecule has 0 atom stereocenters. The average Bonchev–Trinajstić information content (AvgIpc) is 2.14. The Morgan fingerprint density at radius 3 is 2.44 bits per heavy atom. The van der Waals surface area contributed by atoms with Crippen molar-refractivity contribution in [3.05, 3.63) is 22.2 Å². The second kappa shape index (κ2) is 4.42. The molecule has 0 radical (unpaired) electrons. The molecule has 88 valence electrons. The lowest BCUT2D eigenvalue weighted by Crippen LogP contribution is -2.08. The van der Waals surface area contributed by atoms with Crippen LogP contribution in [0.4, 0.5) is 5.69 Å². The van der Waals surface area contributed by atoms with Gasteiger partial charge >= 0.3 is 5.97 Å². The fourth-order valence-corrected chi connectivity index (χ4v) is 3.13. The van der Waals surface area contributed by atoms with Gasteiger partial charge in [-0.05, 0) is 28.1 Å². The van der Waals surface area contributed by atoms with E-state index >= 15 is 0 Å². The smallest absolute Gasteiger partial charge is 0.339 e. The van der Waals surface area contributed by atoms with Crippen LogP contribution in [0, 0.1) is 0 Å². The number of esters is 1. The third-order valence-electron chi connectivity index (χ3n) is 1.91. The maximum Gasteiger partial charge on any atom is 0.339 e. The largest absolute Gasteiger partial charge is 0.465 e. The van der Waals surface area contributed by atoms with Gasteiger partial charge in [-0.25, -0.2) is 13.2 Å². The number of hydrogen-bond donors (Lipinski definition) is 1. The molecular formula is C9H10BrNO4S. The van der Waals surface area contributed by atoms with Gasteiger partial charge in [0.25, 0.3) is 0 Å². The predicted octanol–water partition coefficient (Wildman–Crippen LogP) is 1.22. The van der Waals surface area contributed by atoms with Gasteiger partial charge in [0.05, 0.1) is 17.6 Å². The van der Waals surface area contributed by atoms with Crippen molar-refractivity contribution in [3.8, 4) is 0 Å². The van der Waals surface area contributed by atoms with E-state index in [1.165, 1.54) is 19.2 Å². The monoisotopic (exact) mass is 307 g/mol. The highest BCUT2D eigenvalue weighted by atomic mass is 79.9. The van der Waals surface area contributed by atoms with Gasteiger partial charge in [-0.2, -0.15) is 0 Å². The van der Waals surface area contributed by atoms with E-state index in [1.807, 2.05) is 0 Å². The Balaban J connectivity index is 3.51. The number of halogens is 1. The minimum Gasteiger partial charge on any atom is -0.465 e. The van der Waals surface area contributed by atoms with Gasteiger partial charge in [0.15, 0.2) is 9.84 Å². The van der Waals surface area contributed by atoms with Crippen molar-refractivity contribution in [2.75, 3.05) is 19.1 Å². The highest BCUT2D eigenvalue weighted by Gasteiger charge is 2.18. The number of methoxy groups -OCH3 is 1. The molecule has 0 aliphatic heterocycles. The molecule has 1 rings (SSSR count). The molecule has 0 fully saturated rings. The summed E-state index contributed by atoms with van der Waals surface area (Å²) in [5.74, 6) is -0.671. The van der Waals surface area contributed by atoms with Crippen molar-refractivity contribution in [1.82, 2.24) is 0 Å². The van der Waals surface area contributed by atoms with Gasteiger partial charge in [0.2, 0.25) is 0 Å². The molecule has 0 amide bonds. The topological polar surface area (TPSA) is 86.5 Å². The highest BCUT2D eigenvalue weighted by Crippen LogP contribution is 2.27. The van der Waals surface area contributed by atoms with Crippen molar-refractivity contribution in [3.63, 3.8) is 0 Å². The number of nitrogens with two attached hydrogens (primary N) is 1. The normalized spacial score (nSPS) is 11.2. The molecule has 2 N–H and O–H groups in total. The van der Waals surface area contributed by atoms with Crippen molar-refractivity contribution in [2.24, 2.45) is 0 Å². The summed E-state index contributed by atoms with van der Waals surface area (Å²) in [7, 11) is -2.23. The summed E-state index contributed by atoms with van der Waals surface area (Å²) >= 11 is 3.08. The maximum absolute atomic E-state index is 11.4. The fraction of sp³-hybridized carbons (Fsp3) is 0.222. The summed E-state index contributed by atoms with van der Waals surface area (Å²) in [5, 5.41) is 0. The molecular weight excluding hydrogens is 298 g/mol. The van der Waals surface area contributed by atoms with Gasteiger partial charge in [0, 0.05) is 16.4 Å². The Morgan fingerprint density at radius 2 is 2.00 bits per heavy atom. The molecule has 0 heterocycles. The molecule has 0 bridgehead atoms. The standard InChI is InChI=1S/C9H10BrNO4S/c1-15-9(12)5-3-8(16(2,13)14)6(10)4-7(5)11/h3-4H,11H2,1-2H3. The molecule has 0 saturated carbocycles. The van der Waals surface area contributed by atoms with Crippen LogP contribution >= 0.6 is 15.9 Å². The average molecular weight is 308 g/mol. The first-order valence-corrected chi connectivity index (χ1v) is 6.83. The summed E-state index contributed by atoms with van der Waals surface area (Å²) < 4.78 is 27.6. The van der Waals surface area contributed by atoms with E-state index < -0.39 is 15.8 Å².